The smallest absolute Gasteiger partial charge is 0.407 e. The van der Waals surface area contributed by atoms with Gasteiger partial charge in [0, 0.05) is 33.2 Å². The molecule has 0 aliphatic rings. The second-order valence-corrected chi connectivity index (χ2v) is 6.06. The number of aliphatic hydroxyl groups excluding tert-OH is 1. The van der Waals surface area contributed by atoms with Crippen LogP contribution >= 0.6 is 0 Å². The third-order valence-corrected chi connectivity index (χ3v) is 3.51. The molecule has 0 aromatic rings. The minimum absolute atomic E-state index is 0.221. The van der Waals surface area contributed by atoms with Gasteiger partial charge in [-0.05, 0) is 26.2 Å². The zero-order valence-corrected chi connectivity index (χ0v) is 15.8. The Hall–Kier alpha value is -1.54. The van der Waals surface area contributed by atoms with Gasteiger partial charge in [-0.1, -0.05) is 19.8 Å². The minimum atomic E-state index is -0.490. The van der Waals surface area contributed by atoms with Gasteiger partial charge in [0.25, 0.3) is 0 Å². The molecule has 0 aromatic carbocycles. The first-order valence-corrected chi connectivity index (χ1v) is 9.12. The van der Waals surface area contributed by atoms with Crippen molar-refractivity contribution in [1.29, 1.82) is 0 Å². The molecule has 0 aliphatic heterocycles. The Balaban J connectivity index is 3.71. The molecule has 0 saturated heterocycles. The Bertz CT molecular complexity index is 353. The number of carbonyl (C=O) groups excluding carboxylic acids is 2. The van der Waals surface area contributed by atoms with Crippen molar-refractivity contribution in [2.45, 2.75) is 64.6 Å². The Morgan fingerprint density at radius 3 is 2.28 bits per heavy atom. The first-order valence-electron chi connectivity index (χ1n) is 9.12. The molecule has 148 valence electrons. The van der Waals surface area contributed by atoms with E-state index in [9.17, 15) is 14.7 Å². The van der Waals surface area contributed by atoms with Gasteiger partial charge in [0.1, 0.15) is 6.10 Å². The molecule has 0 heterocycles. The Labute approximate surface area is 151 Å². The van der Waals surface area contributed by atoms with E-state index in [1.807, 2.05) is 0 Å². The molecule has 0 aliphatic carbocycles. The fourth-order valence-electron chi connectivity index (χ4n) is 2.20. The van der Waals surface area contributed by atoms with E-state index in [1.54, 1.807) is 14.0 Å². The van der Waals surface area contributed by atoms with E-state index in [2.05, 4.69) is 22.9 Å². The lowest BCUT2D eigenvalue weighted by Gasteiger charge is -2.19. The van der Waals surface area contributed by atoms with E-state index in [0.717, 1.165) is 32.1 Å². The number of unbranched alkanes of at least 4 members (excludes halogenated alkanes) is 2. The fraction of sp³-hybridized carbons (Fsp3) is 0.882. The van der Waals surface area contributed by atoms with Crippen LogP contribution < -0.4 is 16.0 Å². The number of ether oxygens (including phenoxy) is 2. The number of carbonyl (C=O) groups is 2. The maximum atomic E-state index is 11.8. The van der Waals surface area contributed by atoms with Crippen LogP contribution in [0.4, 0.5) is 9.59 Å². The van der Waals surface area contributed by atoms with Crippen molar-refractivity contribution >= 4 is 12.1 Å². The molecular weight excluding hydrogens is 326 g/mol. The molecule has 4 N–H and O–H groups in total. The summed E-state index contributed by atoms with van der Waals surface area (Å²) in [5.41, 5.74) is 0. The van der Waals surface area contributed by atoms with Crippen LogP contribution in [0.1, 0.15) is 52.4 Å². The molecule has 25 heavy (non-hydrogen) atoms. The van der Waals surface area contributed by atoms with Crippen molar-refractivity contribution in [3.63, 3.8) is 0 Å². The minimum Gasteiger partial charge on any atom is -0.446 e. The van der Waals surface area contributed by atoms with Gasteiger partial charge < -0.3 is 30.5 Å². The summed E-state index contributed by atoms with van der Waals surface area (Å²) in [6, 6.07) is -0.221. The third-order valence-electron chi connectivity index (χ3n) is 3.51. The molecule has 0 spiro atoms. The molecule has 2 atom stereocenters. The van der Waals surface area contributed by atoms with Gasteiger partial charge in [-0.25, -0.2) is 9.59 Å². The van der Waals surface area contributed by atoms with Gasteiger partial charge in [0.2, 0.25) is 0 Å². The molecule has 2 unspecified atom stereocenters. The highest BCUT2D eigenvalue weighted by molar-refractivity contribution is 5.73. The highest BCUT2D eigenvalue weighted by Gasteiger charge is 2.16. The van der Waals surface area contributed by atoms with Crippen molar-refractivity contribution in [2.75, 3.05) is 33.4 Å². The lowest BCUT2D eigenvalue weighted by Crippen LogP contribution is -2.38. The number of alkyl carbamates (subject to hydrolysis) is 1. The topological polar surface area (TPSA) is 109 Å². The van der Waals surface area contributed by atoms with Gasteiger partial charge in [-0.15, -0.1) is 0 Å². The zero-order valence-electron chi connectivity index (χ0n) is 15.8. The van der Waals surface area contributed by atoms with Crippen LogP contribution in [0, 0.1) is 0 Å². The van der Waals surface area contributed by atoms with Crippen LogP contribution in [-0.2, 0) is 9.47 Å². The number of urea groups is 1. The third kappa shape index (κ3) is 15.7. The van der Waals surface area contributed by atoms with Crippen LogP contribution in [0.5, 0.6) is 0 Å². The highest BCUT2D eigenvalue weighted by atomic mass is 16.6. The first kappa shape index (κ1) is 23.5. The second kappa shape index (κ2) is 16.0. The summed E-state index contributed by atoms with van der Waals surface area (Å²) < 4.78 is 10.2. The molecule has 0 aromatic heterocycles. The second-order valence-electron chi connectivity index (χ2n) is 6.06. The molecule has 0 bridgehead atoms. The maximum absolute atomic E-state index is 11.8. The summed E-state index contributed by atoms with van der Waals surface area (Å²) in [4.78, 5) is 23.1. The standard InChI is InChI=1S/C17H35N3O5/c1-4-5-8-15(13-14(2)21)25-17(23)20-10-7-6-9-18-16(22)19-11-12-24-3/h14-15,21H,4-13H2,1-3H3,(H,20,23)(H2,18,19,22). The van der Waals surface area contributed by atoms with E-state index in [1.165, 1.54) is 0 Å². The van der Waals surface area contributed by atoms with Crippen molar-refractivity contribution < 1.29 is 24.2 Å². The largest absolute Gasteiger partial charge is 0.446 e. The quantitative estimate of drug-likeness (QED) is 0.353. The van der Waals surface area contributed by atoms with Crippen LogP contribution in [-0.4, -0.2) is 62.8 Å². The lowest BCUT2D eigenvalue weighted by molar-refractivity contribution is 0.0540. The summed E-state index contributed by atoms with van der Waals surface area (Å²) in [6.45, 7) is 5.75. The van der Waals surface area contributed by atoms with Gasteiger partial charge in [0.05, 0.1) is 12.7 Å². The van der Waals surface area contributed by atoms with Crippen molar-refractivity contribution in [3.8, 4) is 0 Å². The number of hydrogen-bond acceptors (Lipinski definition) is 5. The molecule has 8 heteroatoms. The normalized spacial score (nSPS) is 13.0. The van der Waals surface area contributed by atoms with Crippen molar-refractivity contribution in [2.24, 2.45) is 0 Å². The summed E-state index contributed by atoms with van der Waals surface area (Å²) >= 11 is 0. The van der Waals surface area contributed by atoms with Crippen molar-refractivity contribution in [3.05, 3.63) is 0 Å². The Morgan fingerprint density at radius 2 is 1.68 bits per heavy atom. The van der Waals surface area contributed by atoms with Crippen LogP contribution in [0.15, 0.2) is 0 Å². The molecule has 3 amide bonds. The predicted octanol–water partition coefficient (Wildman–Crippen LogP) is 1.77. The lowest BCUT2D eigenvalue weighted by atomic mass is 10.1. The number of aliphatic hydroxyl groups is 1. The van der Waals surface area contributed by atoms with E-state index in [-0.39, 0.29) is 12.1 Å². The molecule has 8 nitrogen and oxygen atoms in total. The monoisotopic (exact) mass is 361 g/mol. The van der Waals surface area contributed by atoms with Gasteiger partial charge in [-0.2, -0.15) is 0 Å². The number of nitrogens with one attached hydrogen (secondary N) is 3. The number of amides is 3. The van der Waals surface area contributed by atoms with E-state index in [4.69, 9.17) is 9.47 Å². The van der Waals surface area contributed by atoms with E-state index >= 15 is 0 Å². The fourth-order valence-corrected chi connectivity index (χ4v) is 2.20. The maximum Gasteiger partial charge on any atom is 0.407 e. The van der Waals surface area contributed by atoms with Crippen LogP contribution in [0.25, 0.3) is 0 Å². The molecular formula is C17H35N3O5. The van der Waals surface area contributed by atoms with Gasteiger partial charge in [-0.3, -0.25) is 0 Å². The van der Waals surface area contributed by atoms with Gasteiger partial charge >= 0.3 is 12.1 Å². The van der Waals surface area contributed by atoms with Crippen LogP contribution in [0.2, 0.25) is 0 Å². The van der Waals surface area contributed by atoms with Crippen LogP contribution in [0.3, 0.4) is 0 Å². The summed E-state index contributed by atoms with van der Waals surface area (Å²) in [5.74, 6) is 0. The van der Waals surface area contributed by atoms with E-state index < -0.39 is 12.2 Å². The Kier molecular flexibility index (Phi) is 15.0. The number of hydrogen-bond donors (Lipinski definition) is 4. The SMILES string of the molecule is CCCCC(CC(C)O)OC(=O)NCCCCNC(=O)NCCOC. The average Bonchev–Trinajstić information content (AvgIpc) is 2.55. The predicted molar refractivity (Wildman–Crippen MR) is 96.6 cm³/mol. The summed E-state index contributed by atoms with van der Waals surface area (Å²) in [5, 5.41) is 17.6. The van der Waals surface area contributed by atoms with Gasteiger partial charge in [0.15, 0.2) is 0 Å². The zero-order chi connectivity index (χ0) is 18.9. The molecule has 0 radical (unpaired) electrons. The average molecular weight is 361 g/mol. The molecule has 0 saturated carbocycles. The number of rotatable bonds is 14. The first-order chi connectivity index (χ1) is 12.0. The molecule has 0 fully saturated rings. The summed E-state index contributed by atoms with van der Waals surface area (Å²) in [7, 11) is 1.58. The van der Waals surface area contributed by atoms with Crippen molar-refractivity contribution in [1.82, 2.24) is 16.0 Å². The molecule has 0 rings (SSSR count). The summed E-state index contributed by atoms with van der Waals surface area (Å²) in [6.07, 6.45) is 3.50. The number of methoxy groups -OCH3 is 1. The highest BCUT2D eigenvalue weighted by Crippen LogP contribution is 2.11. The Morgan fingerprint density at radius 1 is 1.04 bits per heavy atom. The van der Waals surface area contributed by atoms with E-state index in [0.29, 0.717) is 32.7 Å².